The highest BCUT2D eigenvalue weighted by Crippen LogP contribution is 2.11. The topological polar surface area (TPSA) is 108 Å². The fourth-order valence-electron chi connectivity index (χ4n) is 0.846. The molecule has 1 heterocycles. The van der Waals surface area contributed by atoms with Crippen molar-refractivity contribution in [2.75, 3.05) is 6.54 Å². The number of hydrogen-bond donors (Lipinski definition) is 2. The second-order valence-electron chi connectivity index (χ2n) is 2.54. The lowest BCUT2D eigenvalue weighted by Crippen LogP contribution is -2.21. The third-order valence-corrected chi connectivity index (χ3v) is 1.62. The van der Waals surface area contributed by atoms with Crippen molar-refractivity contribution in [1.82, 2.24) is 4.98 Å². The van der Waals surface area contributed by atoms with E-state index in [2.05, 4.69) is 4.98 Å². The zero-order valence-corrected chi connectivity index (χ0v) is 6.88. The Balaban J connectivity index is 2.87. The van der Waals surface area contributed by atoms with Gasteiger partial charge >= 0.3 is 0 Å². The second kappa shape index (κ2) is 3.92. The molecule has 0 aliphatic carbocycles. The molecular formula is C7H10N4O2. The van der Waals surface area contributed by atoms with Gasteiger partial charge in [0.1, 0.15) is 6.20 Å². The molecule has 0 aromatic carbocycles. The summed E-state index contributed by atoms with van der Waals surface area (Å²) in [5.74, 6) is 0. The fraction of sp³-hybridized carbons (Fsp3) is 0.286. The minimum Gasteiger partial charge on any atom is -0.329 e. The van der Waals surface area contributed by atoms with Crippen molar-refractivity contribution in [2.24, 2.45) is 11.5 Å². The number of nitro groups is 1. The van der Waals surface area contributed by atoms with Crippen molar-refractivity contribution in [3.05, 3.63) is 34.1 Å². The van der Waals surface area contributed by atoms with E-state index in [1.807, 2.05) is 0 Å². The largest absolute Gasteiger partial charge is 0.329 e. The quantitative estimate of drug-likeness (QED) is 0.503. The van der Waals surface area contributed by atoms with Crippen LogP contribution in [0.2, 0.25) is 0 Å². The second-order valence-corrected chi connectivity index (χ2v) is 2.54. The van der Waals surface area contributed by atoms with E-state index < -0.39 is 4.92 Å². The van der Waals surface area contributed by atoms with E-state index >= 15 is 0 Å². The van der Waals surface area contributed by atoms with Gasteiger partial charge in [0.15, 0.2) is 0 Å². The van der Waals surface area contributed by atoms with Gasteiger partial charge < -0.3 is 11.5 Å². The molecule has 0 saturated heterocycles. The third-order valence-electron chi connectivity index (χ3n) is 1.62. The number of nitrogens with two attached hydrogens (primary N) is 2. The van der Waals surface area contributed by atoms with E-state index in [1.54, 1.807) is 0 Å². The van der Waals surface area contributed by atoms with Gasteiger partial charge in [-0.1, -0.05) is 0 Å². The number of pyridine rings is 1. The molecule has 1 aromatic rings. The average Bonchev–Trinajstić information content (AvgIpc) is 2.17. The molecule has 70 valence electrons. The van der Waals surface area contributed by atoms with Crippen LogP contribution in [0.5, 0.6) is 0 Å². The Labute approximate surface area is 74.7 Å². The van der Waals surface area contributed by atoms with Gasteiger partial charge in [0, 0.05) is 12.6 Å². The Hall–Kier alpha value is -1.53. The predicted octanol–water partition coefficient (Wildman–Crippen LogP) is -0.0517. The minimum absolute atomic E-state index is 0.0482. The molecule has 0 unspecified atom stereocenters. The Kier molecular flexibility index (Phi) is 2.88. The molecule has 1 atom stereocenters. The molecule has 6 heteroatoms. The van der Waals surface area contributed by atoms with Crippen LogP contribution in [0, 0.1) is 10.1 Å². The zero-order chi connectivity index (χ0) is 9.84. The maximum Gasteiger partial charge on any atom is 0.287 e. The van der Waals surface area contributed by atoms with Crippen LogP contribution in [0.15, 0.2) is 18.3 Å². The van der Waals surface area contributed by atoms with Crippen molar-refractivity contribution in [2.45, 2.75) is 6.04 Å². The summed E-state index contributed by atoms with van der Waals surface area (Å²) >= 11 is 0. The Bertz CT molecular complexity index is 298. The van der Waals surface area contributed by atoms with Gasteiger partial charge in [0.25, 0.3) is 5.69 Å². The van der Waals surface area contributed by atoms with Crippen LogP contribution in [-0.4, -0.2) is 16.5 Å². The predicted molar refractivity (Wildman–Crippen MR) is 46.9 cm³/mol. The molecule has 1 rings (SSSR count). The Morgan fingerprint density at radius 1 is 1.62 bits per heavy atom. The van der Waals surface area contributed by atoms with Gasteiger partial charge in [0.05, 0.1) is 16.7 Å². The first-order chi connectivity index (χ1) is 6.15. The summed E-state index contributed by atoms with van der Waals surface area (Å²) < 4.78 is 0. The highest BCUT2D eigenvalue weighted by atomic mass is 16.6. The Morgan fingerprint density at radius 3 is 2.69 bits per heavy atom. The maximum absolute atomic E-state index is 10.3. The number of hydrogen-bond acceptors (Lipinski definition) is 5. The first kappa shape index (κ1) is 9.56. The monoisotopic (exact) mass is 182 g/mol. The fourth-order valence-corrected chi connectivity index (χ4v) is 0.846. The molecule has 0 saturated carbocycles. The van der Waals surface area contributed by atoms with E-state index in [4.69, 9.17) is 11.5 Å². The van der Waals surface area contributed by atoms with Crippen molar-refractivity contribution >= 4 is 5.69 Å². The maximum atomic E-state index is 10.3. The number of nitrogens with zero attached hydrogens (tertiary/aromatic N) is 2. The van der Waals surface area contributed by atoms with Crippen LogP contribution < -0.4 is 11.5 Å². The molecule has 1 aromatic heterocycles. The van der Waals surface area contributed by atoms with Crippen molar-refractivity contribution < 1.29 is 4.92 Å². The molecule has 0 radical (unpaired) electrons. The van der Waals surface area contributed by atoms with Crippen LogP contribution >= 0.6 is 0 Å². The van der Waals surface area contributed by atoms with Gasteiger partial charge in [-0.05, 0) is 6.07 Å². The first-order valence-corrected chi connectivity index (χ1v) is 3.71. The molecule has 13 heavy (non-hydrogen) atoms. The summed E-state index contributed by atoms with van der Waals surface area (Å²) in [5, 5.41) is 10.3. The standard InChI is InChI=1S/C7H10N4O2/c8-3-6(9)7-2-1-5(4-10-7)11(12)13/h1-2,4,6H,3,8-9H2/t6-/m1/s1. The summed E-state index contributed by atoms with van der Waals surface area (Å²) in [5.41, 5.74) is 11.4. The first-order valence-electron chi connectivity index (χ1n) is 3.71. The molecule has 0 fully saturated rings. The van der Waals surface area contributed by atoms with Crippen molar-refractivity contribution in [1.29, 1.82) is 0 Å². The van der Waals surface area contributed by atoms with Gasteiger partial charge in [-0.3, -0.25) is 15.1 Å². The highest BCUT2D eigenvalue weighted by Gasteiger charge is 2.08. The molecule has 0 aliphatic rings. The lowest BCUT2D eigenvalue weighted by molar-refractivity contribution is -0.385. The summed E-state index contributed by atoms with van der Waals surface area (Å²) in [6.45, 7) is 0.269. The SMILES string of the molecule is NC[C@@H](N)c1ccc([N+](=O)[O-])cn1. The summed E-state index contributed by atoms with van der Waals surface area (Å²) in [6, 6.07) is 2.51. The smallest absolute Gasteiger partial charge is 0.287 e. The summed E-state index contributed by atoms with van der Waals surface area (Å²) in [6.07, 6.45) is 1.17. The van der Waals surface area contributed by atoms with Crippen molar-refractivity contribution in [3.8, 4) is 0 Å². The number of rotatable bonds is 3. The minimum atomic E-state index is -0.509. The Morgan fingerprint density at radius 2 is 2.31 bits per heavy atom. The lowest BCUT2D eigenvalue weighted by atomic mass is 10.2. The molecule has 0 amide bonds. The van der Waals surface area contributed by atoms with E-state index in [0.717, 1.165) is 0 Å². The van der Waals surface area contributed by atoms with Gasteiger partial charge in [-0.25, -0.2) is 0 Å². The highest BCUT2D eigenvalue weighted by molar-refractivity contribution is 5.27. The molecular weight excluding hydrogens is 172 g/mol. The molecule has 6 nitrogen and oxygen atoms in total. The van der Waals surface area contributed by atoms with Crippen LogP contribution in [0.25, 0.3) is 0 Å². The molecule has 4 N–H and O–H groups in total. The summed E-state index contributed by atoms with van der Waals surface area (Å²) in [4.78, 5) is 13.6. The number of aromatic nitrogens is 1. The normalized spacial score (nSPS) is 12.5. The van der Waals surface area contributed by atoms with Gasteiger partial charge in [-0.2, -0.15) is 0 Å². The summed E-state index contributed by atoms with van der Waals surface area (Å²) in [7, 11) is 0. The average molecular weight is 182 g/mol. The van der Waals surface area contributed by atoms with E-state index in [-0.39, 0.29) is 18.3 Å². The van der Waals surface area contributed by atoms with Crippen LogP contribution in [0.1, 0.15) is 11.7 Å². The van der Waals surface area contributed by atoms with Crippen LogP contribution in [-0.2, 0) is 0 Å². The molecule has 0 bridgehead atoms. The van der Waals surface area contributed by atoms with Gasteiger partial charge in [-0.15, -0.1) is 0 Å². The van der Waals surface area contributed by atoms with E-state index in [1.165, 1.54) is 18.3 Å². The van der Waals surface area contributed by atoms with E-state index in [0.29, 0.717) is 5.69 Å². The van der Waals surface area contributed by atoms with Crippen molar-refractivity contribution in [3.63, 3.8) is 0 Å². The molecule has 0 aliphatic heterocycles. The van der Waals surface area contributed by atoms with Gasteiger partial charge in [0.2, 0.25) is 0 Å². The van der Waals surface area contributed by atoms with E-state index in [9.17, 15) is 10.1 Å². The third kappa shape index (κ3) is 2.20. The van der Waals surface area contributed by atoms with Crippen LogP contribution in [0.3, 0.4) is 0 Å². The lowest BCUT2D eigenvalue weighted by Gasteiger charge is -2.06. The molecule has 0 spiro atoms. The van der Waals surface area contributed by atoms with Crippen LogP contribution in [0.4, 0.5) is 5.69 Å². The zero-order valence-electron chi connectivity index (χ0n) is 6.88.